The molecule has 1 aliphatic rings. The lowest BCUT2D eigenvalue weighted by atomic mass is 10.1. The molecule has 9 heteroatoms. The van der Waals surface area contributed by atoms with Crippen LogP contribution in [-0.2, 0) is 38.5 Å². The molecule has 0 radical (unpaired) electrons. The summed E-state index contributed by atoms with van der Waals surface area (Å²) >= 11 is 2.97. The molecule has 0 aromatic carbocycles. The monoisotopic (exact) mass is 393 g/mol. The maximum atomic E-state index is 12.3. The molecule has 26 heavy (non-hydrogen) atoms. The smallest absolute Gasteiger partial charge is 0.311 e. The Labute approximate surface area is 159 Å². The van der Waals surface area contributed by atoms with Gasteiger partial charge in [0, 0.05) is 36.2 Å². The van der Waals surface area contributed by atoms with Crippen molar-refractivity contribution in [3.8, 4) is 0 Å². The van der Waals surface area contributed by atoms with E-state index in [-0.39, 0.29) is 37.0 Å². The SMILES string of the molecule is COC(=O)Cc1csc(NC(=O)CCC(=O)N2CCc3sccc3C2)n1. The predicted octanol–water partition coefficient (Wildman–Crippen LogP) is 2.22. The highest BCUT2D eigenvalue weighted by Crippen LogP contribution is 2.24. The minimum Gasteiger partial charge on any atom is -0.469 e. The Hall–Kier alpha value is -2.26. The van der Waals surface area contributed by atoms with Crippen LogP contribution in [0.4, 0.5) is 5.13 Å². The predicted molar refractivity (Wildman–Crippen MR) is 99.1 cm³/mol. The van der Waals surface area contributed by atoms with Gasteiger partial charge < -0.3 is 15.0 Å². The van der Waals surface area contributed by atoms with Gasteiger partial charge in [-0.1, -0.05) is 0 Å². The molecule has 1 aliphatic heterocycles. The second kappa shape index (κ2) is 8.41. The lowest BCUT2D eigenvalue weighted by molar-refractivity contribution is -0.139. The first-order valence-electron chi connectivity index (χ1n) is 8.19. The number of amides is 2. The van der Waals surface area contributed by atoms with Crippen LogP contribution in [0.1, 0.15) is 29.0 Å². The molecule has 0 bridgehead atoms. The van der Waals surface area contributed by atoms with Gasteiger partial charge in [0.1, 0.15) is 0 Å². The van der Waals surface area contributed by atoms with Gasteiger partial charge in [-0.25, -0.2) is 4.98 Å². The first-order valence-corrected chi connectivity index (χ1v) is 9.95. The molecule has 1 N–H and O–H groups in total. The van der Waals surface area contributed by atoms with Gasteiger partial charge >= 0.3 is 5.97 Å². The number of anilines is 1. The van der Waals surface area contributed by atoms with Crippen LogP contribution in [-0.4, -0.2) is 41.3 Å². The average molecular weight is 393 g/mol. The van der Waals surface area contributed by atoms with Gasteiger partial charge in [0.25, 0.3) is 0 Å². The van der Waals surface area contributed by atoms with Crippen LogP contribution in [0, 0.1) is 0 Å². The zero-order valence-corrected chi connectivity index (χ0v) is 16.0. The van der Waals surface area contributed by atoms with E-state index in [2.05, 4.69) is 26.5 Å². The highest BCUT2D eigenvalue weighted by molar-refractivity contribution is 7.14. The summed E-state index contributed by atoms with van der Waals surface area (Å²) in [5.74, 6) is -0.651. The van der Waals surface area contributed by atoms with Crippen molar-refractivity contribution in [3.63, 3.8) is 0 Å². The quantitative estimate of drug-likeness (QED) is 0.760. The van der Waals surface area contributed by atoms with Crippen molar-refractivity contribution >= 4 is 45.6 Å². The molecule has 0 saturated carbocycles. The third-order valence-corrected chi connectivity index (χ3v) is 5.91. The van der Waals surface area contributed by atoms with Crippen LogP contribution in [0.2, 0.25) is 0 Å². The fourth-order valence-corrected chi connectivity index (χ4v) is 4.30. The minimum absolute atomic E-state index is 0.0116. The zero-order valence-electron chi connectivity index (χ0n) is 14.3. The summed E-state index contributed by atoms with van der Waals surface area (Å²) in [6.45, 7) is 1.33. The number of carbonyl (C=O) groups excluding carboxylic acids is 3. The van der Waals surface area contributed by atoms with Gasteiger partial charge in [-0.05, 0) is 23.4 Å². The van der Waals surface area contributed by atoms with Crippen LogP contribution in [0.3, 0.4) is 0 Å². The fraction of sp³-hybridized carbons (Fsp3) is 0.412. The summed E-state index contributed by atoms with van der Waals surface area (Å²) in [5, 5.41) is 6.84. The van der Waals surface area contributed by atoms with Gasteiger partial charge in [0.05, 0.1) is 19.2 Å². The second-order valence-corrected chi connectivity index (χ2v) is 7.74. The highest BCUT2D eigenvalue weighted by atomic mass is 32.1. The average Bonchev–Trinajstić information content (AvgIpc) is 3.28. The van der Waals surface area contributed by atoms with E-state index < -0.39 is 0 Å². The molecule has 0 atom stereocenters. The maximum absolute atomic E-state index is 12.3. The normalized spacial score (nSPS) is 13.2. The lowest BCUT2D eigenvalue weighted by Gasteiger charge is -2.27. The van der Waals surface area contributed by atoms with Gasteiger partial charge in [-0.3, -0.25) is 14.4 Å². The Bertz CT molecular complexity index is 815. The number of hydrogen-bond donors (Lipinski definition) is 1. The third-order valence-electron chi connectivity index (χ3n) is 4.08. The van der Waals surface area contributed by atoms with Gasteiger partial charge in [0.2, 0.25) is 11.8 Å². The van der Waals surface area contributed by atoms with E-state index in [0.717, 1.165) is 6.42 Å². The number of aromatic nitrogens is 1. The summed E-state index contributed by atoms with van der Waals surface area (Å²) in [7, 11) is 1.32. The van der Waals surface area contributed by atoms with Crippen LogP contribution in [0.5, 0.6) is 0 Å². The highest BCUT2D eigenvalue weighted by Gasteiger charge is 2.22. The van der Waals surface area contributed by atoms with Crippen molar-refractivity contribution in [2.45, 2.75) is 32.2 Å². The molecule has 0 saturated heterocycles. The maximum Gasteiger partial charge on any atom is 0.311 e. The topological polar surface area (TPSA) is 88.6 Å². The standard InChI is InChI=1S/C17H19N3O4S2/c1-24-16(23)8-12-10-26-17(18-12)19-14(21)2-3-15(22)20-6-4-13-11(9-20)5-7-25-13/h5,7,10H,2-4,6,8-9H2,1H3,(H,18,19,21). The summed E-state index contributed by atoms with van der Waals surface area (Å²) in [4.78, 5) is 42.9. The number of esters is 1. The first-order chi connectivity index (χ1) is 12.5. The number of hydrogen-bond acceptors (Lipinski definition) is 7. The summed E-state index contributed by atoms with van der Waals surface area (Å²) in [6.07, 6.45) is 1.23. The Morgan fingerprint density at radius 1 is 1.31 bits per heavy atom. The molecule has 0 aliphatic carbocycles. The molecule has 0 spiro atoms. The second-order valence-electron chi connectivity index (χ2n) is 5.88. The summed E-state index contributed by atoms with van der Waals surface area (Å²) < 4.78 is 4.58. The molecular formula is C17H19N3O4S2. The van der Waals surface area contributed by atoms with Crippen molar-refractivity contribution in [2.75, 3.05) is 19.0 Å². The number of nitrogens with one attached hydrogen (secondary N) is 1. The number of carbonyl (C=O) groups is 3. The molecule has 0 fully saturated rings. The largest absolute Gasteiger partial charge is 0.469 e. The van der Waals surface area contributed by atoms with Crippen LogP contribution >= 0.6 is 22.7 Å². The molecule has 2 aromatic heterocycles. The minimum atomic E-state index is -0.380. The number of nitrogens with zero attached hydrogens (tertiary/aromatic N) is 2. The molecule has 2 aromatic rings. The van der Waals surface area contributed by atoms with Gasteiger partial charge in [-0.15, -0.1) is 22.7 Å². The molecule has 0 unspecified atom stereocenters. The number of methoxy groups -OCH3 is 1. The van der Waals surface area contributed by atoms with Crippen molar-refractivity contribution < 1.29 is 19.1 Å². The van der Waals surface area contributed by atoms with Crippen molar-refractivity contribution in [1.82, 2.24) is 9.88 Å². The number of thiazole rings is 1. The Balaban J connectivity index is 1.44. The molecule has 7 nitrogen and oxygen atoms in total. The van der Waals surface area contributed by atoms with Gasteiger partial charge in [0.15, 0.2) is 5.13 Å². The van der Waals surface area contributed by atoms with E-state index in [0.29, 0.717) is 23.9 Å². The van der Waals surface area contributed by atoms with Crippen LogP contribution in [0.15, 0.2) is 16.8 Å². The van der Waals surface area contributed by atoms with Crippen LogP contribution in [0.25, 0.3) is 0 Å². The number of thiophene rings is 1. The van der Waals surface area contributed by atoms with E-state index in [9.17, 15) is 14.4 Å². The number of fused-ring (bicyclic) bond motifs is 1. The summed E-state index contributed by atoms with van der Waals surface area (Å²) in [5.41, 5.74) is 1.76. The van der Waals surface area contributed by atoms with E-state index in [4.69, 9.17) is 0 Å². The first kappa shape index (κ1) is 18.5. The van der Waals surface area contributed by atoms with E-state index in [1.165, 1.54) is 28.9 Å². The van der Waals surface area contributed by atoms with Crippen molar-refractivity contribution in [2.24, 2.45) is 0 Å². The Morgan fingerprint density at radius 2 is 2.15 bits per heavy atom. The van der Waals surface area contributed by atoms with E-state index >= 15 is 0 Å². The molecule has 3 rings (SSSR count). The van der Waals surface area contributed by atoms with Crippen LogP contribution < -0.4 is 5.32 Å². The molecule has 3 heterocycles. The van der Waals surface area contributed by atoms with E-state index in [1.54, 1.807) is 21.6 Å². The third kappa shape index (κ3) is 4.67. The zero-order chi connectivity index (χ0) is 18.5. The molecule has 2 amide bonds. The Kier molecular flexibility index (Phi) is 6.00. The van der Waals surface area contributed by atoms with Gasteiger partial charge in [-0.2, -0.15) is 0 Å². The molecule has 138 valence electrons. The summed E-state index contributed by atoms with van der Waals surface area (Å²) in [6, 6.07) is 2.06. The number of rotatable bonds is 6. The van der Waals surface area contributed by atoms with Crippen molar-refractivity contribution in [3.05, 3.63) is 33.0 Å². The Morgan fingerprint density at radius 3 is 2.96 bits per heavy atom. The van der Waals surface area contributed by atoms with E-state index in [1.807, 2.05) is 0 Å². The fourth-order valence-electron chi connectivity index (χ4n) is 2.69. The number of ether oxygens (including phenoxy) is 1. The lowest BCUT2D eigenvalue weighted by Crippen LogP contribution is -2.35. The molecular weight excluding hydrogens is 374 g/mol. The van der Waals surface area contributed by atoms with Crippen molar-refractivity contribution in [1.29, 1.82) is 0 Å².